The molecule has 1 N–H and O–H groups in total. The van der Waals surface area contributed by atoms with Crippen LogP contribution in [-0.2, 0) is 9.53 Å². The number of rotatable bonds is 3. The molecule has 0 atom stereocenters. The number of benzene rings is 1. The molecule has 0 bridgehead atoms. The van der Waals surface area contributed by atoms with Gasteiger partial charge in [-0.25, -0.2) is 0 Å². The number of nitrogens with zero attached hydrogens (tertiary/aromatic N) is 1. The SMILES string of the molecule is CC(C)=CC(=O)Nc1cccc(N2CCOCC2)c1. The van der Waals surface area contributed by atoms with Crippen LogP contribution in [0, 0.1) is 0 Å². The Kier molecular flexibility index (Phi) is 4.58. The number of allylic oxidation sites excluding steroid dienone is 1. The molecule has 0 spiro atoms. The van der Waals surface area contributed by atoms with Crippen molar-refractivity contribution in [1.29, 1.82) is 0 Å². The zero-order valence-corrected chi connectivity index (χ0v) is 11.5. The van der Waals surface area contributed by atoms with Gasteiger partial charge in [0.1, 0.15) is 0 Å². The average Bonchev–Trinajstić information content (AvgIpc) is 2.39. The lowest BCUT2D eigenvalue weighted by Gasteiger charge is -2.29. The highest BCUT2D eigenvalue weighted by Gasteiger charge is 2.11. The van der Waals surface area contributed by atoms with Crippen LogP contribution in [0.5, 0.6) is 0 Å². The van der Waals surface area contributed by atoms with Gasteiger partial charge in [-0.15, -0.1) is 0 Å². The Morgan fingerprint density at radius 1 is 1.32 bits per heavy atom. The van der Waals surface area contributed by atoms with Gasteiger partial charge < -0.3 is 15.0 Å². The molecule has 1 heterocycles. The van der Waals surface area contributed by atoms with E-state index in [-0.39, 0.29) is 5.91 Å². The summed E-state index contributed by atoms with van der Waals surface area (Å²) in [7, 11) is 0. The molecular formula is C15H20N2O2. The second-order valence-electron chi connectivity index (χ2n) is 4.86. The van der Waals surface area contributed by atoms with Crippen molar-refractivity contribution in [3.63, 3.8) is 0 Å². The van der Waals surface area contributed by atoms with E-state index < -0.39 is 0 Å². The van der Waals surface area contributed by atoms with Crippen LogP contribution in [0.4, 0.5) is 11.4 Å². The number of carbonyl (C=O) groups excluding carboxylic acids is 1. The monoisotopic (exact) mass is 260 g/mol. The Bertz CT molecular complexity index is 473. The van der Waals surface area contributed by atoms with Gasteiger partial charge >= 0.3 is 0 Å². The van der Waals surface area contributed by atoms with Gasteiger partial charge in [0.05, 0.1) is 13.2 Å². The van der Waals surface area contributed by atoms with E-state index in [9.17, 15) is 4.79 Å². The number of morpholine rings is 1. The Labute approximate surface area is 114 Å². The second-order valence-corrected chi connectivity index (χ2v) is 4.86. The lowest BCUT2D eigenvalue weighted by Crippen LogP contribution is -2.36. The van der Waals surface area contributed by atoms with Crippen LogP contribution in [0.2, 0.25) is 0 Å². The van der Waals surface area contributed by atoms with Gasteiger partial charge in [-0.3, -0.25) is 4.79 Å². The summed E-state index contributed by atoms with van der Waals surface area (Å²) in [4.78, 5) is 14.0. The van der Waals surface area contributed by atoms with Crippen molar-refractivity contribution >= 4 is 17.3 Å². The molecule has 1 fully saturated rings. The third kappa shape index (κ3) is 4.10. The van der Waals surface area contributed by atoms with Crippen molar-refractivity contribution in [1.82, 2.24) is 0 Å². The summed E-state index contributed by atoms with van der Waals surface area (Å²) in [6.45, 7) is 7.12. The topological polar surface area (TPSA) is 41.6 Å². The third-order valence-electron chi connectivity index (χ3n) is 2.91. The lowest BCUT2D eigenvalue weighted by molar-refractivity contribution is -0.111. The van der Waals surface area contributed by atoms with Crippen molar-refractivity contribution in [3.05, 3.63) is 35.9 Å². The van der Waals surface area contributed by atoms with E-state index in [0.29, 0.717) is 0 Å². The molecule has 19 heavy (non-hydrogen) atoms. The first-order valence-electron chi connectivity index (χ1n) is 6.54. The van der Waals surface area contributed by atoms with Crippen LogP contribution in [0.1, 0.15) is 13.8 Å². The minimum absolute atomic E-state index is 0.0841. The van der Waals surface area contributed by atoms with Crippen LogP contribution < -0.4 is 10.2 Å². The van der Waals surface area contributed by atoms with Gasteiger partial charge in [0.15, 0.2) is 0 Å². The number of hydrogen-bond acceptors (Lipinski definition) is 3. The Hall–Kier alpha value is -1.81. The molecule has 1 amide bonds. The molecule has 1 aliphatic rings. The number of anilines is 2. The van der Waals surface area contributed by atoms with Crippen molar-refractivity contribution in [2.75, 3.05) is 36.5 Å². The molecule has 1 aromatic rings. The zero-order chi connectivity index (χ0) is 13.7. The van der Waals surface area contributed by atoms with Gasteiger partial charge in [-0.2, -0.15) is 0 Å². The number of nitrogens with one attached hydrogen (secondary N) is 1. The smallest absolute Gasteiger partial charge is 0.248 e. The molecule has 4 heteroatoms. The minimum atomic E-state index is -0.0841. The molecule has 0 aliphatic carbocycles. The van der Waals surface area contributed by atoms with Crippen LogP contribution in [-0.4, -0.2) is 32.2 Å². The van der Waals surface area contributed by atoms with E-state index in [4.69, 9.17) is 4.74 Å². The van der Waals surface area contributed by atoms with Crippen LogP contribution in [0.25, 0.3) is 0 Å². The molecular weight excluding hydrogens is 240 g/mol. The third-order valence-corrected chi connectivity index (χ3v) is 2.91. The number of carbonyl (C=O) groups is 1. The van der Waals surface area contributed by atoms with Gasteiger partial charge in [0.25, 0.3) is 0 Å². The second kappa shape index (κ2) is 6.38. The van der Waals surface area contributed by atoms with E-state index in [1.54, 1.807) is 6.08 Å². The van der Waals surface area contributed by atoms with E-state index in [2.05, 4.69) is 16.3 Å². The van der Waals surface area contributed by atoms with E-state index >= 15 is 0 Å². The largest absolute Gasteiger partial charge is 0.378 e. The van der Waals surface area contributed by atoms with Crippen molar-refractivity contribution in [3.8, 4) is 0 Å². The molecule has 2 rings (SSSR count). The van der Waals surface area contributed by atoms with Crippen LogP contribution in [0.3, 0.4) is 0 Å². The summed E-state index contributed by atoms with van der Waals surface area (Å²) in [5.74, 6) is -0.0841. The van der Waals surface area contributed by atoms with Crippen molar-refractivity contribution in [2.45, 2.75) is 13.8 Å². The van der Waals surface area contributed by atoms with E-state index in [1.807, 2.05) is 32.0 Å². The molecule has 0 radical (unpaired) electrons. The molecule has 4 nitrogen and oxygen atoms in total. The molecule has 1 aliphatic heterocycles. The number of ether oxygens (including phenoxy) is 1. The fraction of sp³-hybridized carbons (Fsp3) is 0.400. The standard InChI is InChI=1S/C15H20N2O2/c1-12(2)10-15(18)16-13-4-3-5-14(11-13)17-6-8-19-9-7-17/h3-5,10-11H,6-9H2,1-2H3,(H,16,18). The normalized spacial score (nSPS) is 14.9. The summed E-state index contributed by atoms with van der Waals surface area (Å²) < 4.78 is 5.34. The summed E-state index contributed by atoms with van der Waals surface area (Å²) in [5.41, 5.74) is 2.94. The van der Waals surface area contributed by atoms with Gasteiger partial charge in [-0.05, 0) is 32.0 Å². The minimum Gasteiger partial charge on any atom is -0.378 e. The quantitative estimate of drug-likeness (QED) is 0.849. The van der Waals surface area contributed by atoms with Crippen molar-refractivity contribution < 1.29 is 9.53 Å². The average molecular weight is 260 g/mol. The maximum atomic E-state index is 11.7. The predicted molar refractivity (Wildman–Crippen MR) is 77.5 cm³/mol. The van der Waals surface area contributed by atoms with E-state index in [0.717, 1.165) is 43.3 Å². The molecule has 0 aromatic heterocycles. The lowest BCUT2D eigenvalue weighted by atomic mass is 10.2. The maximum Gasteiger partial charge on any atom is 0.248 e. The summed E-state index contributed by atoms with van der Waals surface area (Å²) >= 11 is 0. The molecule has 1 saturated heterocycles. The number of hydrogen-bond donors (Lipinski definition) is 1. The highest BCUT2D eigenvalue weighted by atomic mass is 16.5. The number of amides is 1. The Balaban J connectivity index is 2.06. The maximum absolute atomic E-state index is 11.7. The summed E-state index contributed by atoms with van der Waals surface area (Å²) in [6, 6.07) is 7.92. The Morgan fingerprint density at radius 3 is 2.74 bits per heavy atom. The van der Waals surface area contributed by atoms with E-state index in [1.165, 1.54) is 0 Å². The van der Waals surface area contributed by atoms with Gasteiger partial charge in [0.2, 0.25) is 5.91 Å². The Morgan fingerprint density at radius 2 is 2.05 bits per heavy atom. The van der Waals surface area contributed by atoms with Gasteiger partial charge in [-0.1, -0.05) is 11.6 Å². The summed E-state index contributed by atoms with van der Waals surface area (Å²) in [5, 5.41) is 2.88. The fourth-order valence-corrected chi connectivity index (χ4v) is 2.04. The molecule has 1 aromatic carbocycles. The highest BCUT2D eigenvalue weighted by molar-refractivity contribution is 5.99. The van der Waals surface area contributed by atoms with Crippen LogP contribution >= 0.6 is 0 Å². The predicted octanol–water partition coefficient (Wildman–Crippen LogP) is 2.43. The highest BCUT2D eigenvalue weighted by Crippen LogP contribution is 2.20. The van der Waals surface area contributed by atoms with Crippen molar-refractivity contribution in [2.24, 2.45) is 0 Å². The molecule has 102 valence electrons. The zero-order valence-electron chi connectivity index (χ0n) is 11.5. The first-order chi connectivity index (χ1) is 9.15. The first-order valence-corrected chi connectivity index (χ1v) is 6.54. The fourth-order valence-electron chi connectivity index (χ4n) is 2.04. The van der Waals surface area contributed by atoms with Crippen LogP contribution in [0.15, 0.2) is 35.9 Å². The van der Waals surface area contributed by atoms with Gasteiger partial charge in [0, 0.05) is 30.5 Å². The molecule has 0 unspecified atom stereocenters. The summed E-state index contributed by atoms with van der Waals surface area (Å²) in [6.07, 6.45) is 1.60. The first kappa shape index (κ1) is 13.6. The molecule has 0 saturated carbocycles.